The second-order valence-corrected chi connectivity index (χ2v) is 7.15. The summed E-state index contributed by atoms with van der Waals surface area (Å²) in [6, 6.07) is 7.66. The predicted molar refractivity (Wildman–Crippen MR) is 101 cm³/mol. The van der Waals surface area contributed by atoms with E-state index in [-0.39, 0.29) is 24.9 Å². The highest BCUT2D eigenvalue weighted by molar-refractivity contribution is 5.79. The lowest BCUT2D eigenvalue weighted by atomic mass is 10.0. The summed E-state index contributed by atoms with van der Waals surface area (Å²) in [6.45, 7) is 6.60. The Balaban J connectivity index is 1.61. The maximum absolute atomic E-state index is 12.3. The van der Waals surface area contributed by atoms with Crippen molar-refractivity contribution >= 4 is 16.8 Å². The molecule has 0 unspecified atom stereocenters. The molecular formula is C19H26N4O3. The van der Waals surface area contributed by atoms with Crippen molar-refractivity contribution < 1.29 is 4.79 Å². The molecular weight excluding hydrogens is 332 g/mol. The third-order valence-electron chi connectivity index (χ3n) is 5.09. The third kappa shape index (κ3) is 4.04. The van der Waals surface area contributed by atoms with E-state index in [4.69, 9.17) is 0 Å². The monoisotopic (exact) mass is 358 g/mol. The molecule has 0 atom stereocenters. The molecule has 7 heteroatoms. The molecule has 0 saturated carbocycles. The molecule has 0 radical (unpaired) electrons. The second-order valence-electron chi connectivity index (χ2n) is 7.15. The summed E-state index contributed by atoms with van der Waals surface area (Å²) in [5.74, 6) is -0.0600. The normalized spacial score (nSPS) is 16.3. The molecule has 1 aromatic heterocycles. The molecule has 140 valence electrons. The minimum Gasteiger partial charge on any atom is -0.353 e. The number of aromatic nitrogens is 2. The van der Waals surface area contributed by atoms with Gasteiger partial charge in [0.2, 0.25) is 5.91 Å². The number of carbonyl (C=O) groups is 1. The van der Waals surface area contributed by atoms with E-state index in [1.807, 2.05) is 0 Å². The van der Waals surface area contributed by atoms with Crippen LogP contribution in [0.5, 0.6) is 0 Å². The summed E-state index contributed by atoms with van der Waals surface area (Å²) in [6.07, 6.45) is 2.11. The Morgan fingerprint density at radius 2 is 1.92 bits per heavy atom. The average Bonchev–Trinajstić information content (AvgIpc) is 2.62. The van der Waals surface area contributed by atoms with Crippen LogP contribution < -0.4 is 16.6 Å². The number of hydrogen-bond donors (Lipinski definition) is 2. The van der Waals surface area contributed by atoms with Gasteiger partial charge in [-0.25, -0.2) is 4.79 Å². The van der Waals surface area contributed by atoms with Gasteiger partial charge in [-0.2, -0.15) is 0 Å². The number of nitrogens with one attached hydrogen (secondary N) is 2. The quantitative estimate of drug-likeness (QED) is 0.837. The van der Waals surface area contributed by atoms with Crippen LogP contribution in [-0.2, 0) is 11.3 Å². The zero-order valence-corrected chi connectivity index (χ0v) is 15.3. The molecule has 1 aromatic carbocycles. The largest absolute Gasteiger partial charge is 0.353 e. The Bertz CT molecular complexity index is 892. The number of amides is 1. The summed E-state index contributed by atoms with van der Waals surface area (Å²) in [5.41, 5.74) is -0.325. The maximum atomic E-state index is 12.3. The highest BCUT2D eigenvalue weighted by Gasteiger charge is 2.22. The van der Waals surface area contributed by atoms with Crippen LogP contribution in [0.3, 0.4) is 0 Å². The number of carbonyl (C=O) groups excluding carboxylic acids is 1. The minimum atomic E-state index is -0.480. The molecule has 3 rings (SSSR count). The summed E-state index contributed by atoms with van der Waals surface area (Å²) in [5, 5.41) is 3.53. The molecule has 1 aliphatic rings. The number of para-hydroxylation sites is 1. The zero-order chi connectivity index (χ0) is 18.7. The van der Waals surface area contributed by atoms with Crippen molar-refractivity contribution in [2.24, 2.45) is 0 Å². The van der Waals surface area contributed by atoms with Crippen LogP contribution in [0.2, 0.25) is 0 Å². The van der Waals surface area contributed by atoms with Gasteiger partial charge in [0.05, 0.1) is 10.9 Å². The molecule has 1 amide bonds. The Hall–Kier alpha value is -2.41. The molecule has 26 heavy (non-hydrogen) atoms. The number of piperidine rings is 1. The topological polar surface area (TPSA) is 87.2 Å². The number of H-pyrrole nitrogens is 1. The van der Waals surface area contributed by atoms with Crippen molar-refractivity contribution in [2.45, 2.75) is 51.7 Å². The van der Waals surface area contributed by atoms with E-state index in [9.17, 15) is 14.4 Å². The van der Waals surface area contributed by atoms with Gasteiger partial charge in [-0.05, 0) is 38.8 Å². The van der Waals surface area contributed by atoms with Crippen LogP contribution in [0.4, 0.5) is 0 Å². The molecule has 2 N–H and O–H groups in total. The zero-order valence-electron chi connectivity index (χ0n) is 15.3. The fourth-order valence-corrected chi connectivity index (χ4v) is 3.54. The van der Waals surface area contributed by atoms with E-state index in [1.165, 1.54) is 4.57 Å². The molecule has 7 nitrogen and oxygen atoms in total. The van der Waals surface area contributed by atoms with E-state index >= 15 is 0 Å². The highest BCUT2D eigenvalue weighted by Crippen LogP contribution is 2.13. The first-order chi connectivity index (χ1) is 12.5. The van der Waals surface area contributed by atoms with Crippen LogP contribution >= 0.6 is 0 Å². The van der Waals surface area contributed by atoms with Crippen LogP contribution in [-0.4, -0.2) is 45.5 Å². The predicted octanol–water partition coefficient (Wildman–Crippen LogP) is 1.07. The van der Waals surface area contributed by atoms with Gasteiger partial charge in [-0.1, -0.05) is 12.1 Å². The van der Waals surface area contributed by atoms with Crippen molar-refractivity contribution in [3.63, 3.8) is 0 Å². The van der Waals surface area contributed by atoms with Gasteiger partial charge in [0.1, 0.15) is 0 Å². The van der Waals surface area contributed by atoms with E-state index in [0.717, 1.165) is 25.9 Å². The van der Waals surface area contributed by atoms with Crippen LogP contribution in [0.25, 0.3) is 10.9 Å². The third-order valence-corrected chi connectivity index (χ3v) is 5.09. The number of aryl methyl sites for hydroxylation is 1. The van der Waals surface area contributed by atoms with Crippen molar-refractivity contribution in [1.82, 2.24) is 19.8 Å². The molecule has 2 aromatic rings. The number of fused-ring (bicyclic) bond motifs is 1. The summed E-state index contributed by atoms with van der Waals surface area (Å²) >= 11 is 0. The van der Waals surface area contributed by atoms with Gasteiger partial charge in [0, 0.05) is 38.1 Å². The number of nitrogens with zero attached hydrogens (tertiary/aromatic N) is 2. The first-order valence-electron chi connectivity index (χ1n) is 9.21. The van der Waals surface area contributed by atoms with E-state index < -0.39 is 11.2 Å². The summed E-state index contributed by atoms with van der Waals surface area (Å²) in [4.78, 5) is 41.0. The van der Waals surface area contributed by atoms with Crippen molar-refractivity contribution in [1.29, 1.82) is 0 Å². The van der Waals surface area contributed by atoms with E-state index in [2.05, 4.69) is 29.0 Å². The highest BCUT2D eigenvalue weighted by atomic mass is 16.2. The molecule has 1 aliphatic heterocycles. The molecule has 0 bridgehead atoms. The number of aromatic amines is 1. The number of hydrogen-bond acceptors (Lipinski definition) is 4. The smallest absolute Gasteiger partial charge is 0.328 e. The van der Waals surface area contributed by atoms with Crippen LogP contribution in [0, 0.1) is 0 Å². The number of likely N-dealkylation sites (tertiary alicyclic amines) is 1. The minimum absolute atomic E-state index is 0.0600. The molecule has 0 spiro atoms. The summed E-state index contributed by atoms with van der Waals surface area (Å²) < 4.78 is 1.46. The van der Waals surface area contributed by atoms with Crippen molar-refractivity contribution in [3.8, 4) is 0 Å². The van der Waals surface area contributed by atoms with Gasteiger partial charge < -0.3 is 10.2 Å². The standard InChI is InChI=1S/C19H26N4O3/c1-13(2)22-10-7-14(8-11-22)20-17(24)9-12-23-16-6-4-3-5-15(16)18(25)21-19(23)26/h3-6,13-14H,7-12H2,1-2H3,(H,20,24)(H,21,25,26). The number of benzene rings is 1. The Morgan fingerprint density at radius 1 is 1.23 bits per heavy atom. The maximum Gasteiger partial charge on any atom is 0.328 e. The van der Waals surface area contributed by atoms with Gasteiger partial charge in [-0.15, -0.1) is 0 Å². The lowest BCUT2D eigenvalue weighted by molar-refractivity contribution is -0.122. The van der Waals surface area contributed by atoms with E-state index in [1.54, 1.807) is 24.3 Å². The van der Waals surface area contributed by atoms with Gasteiger partial charge in [-0.3, -0.25) is 19.1 Å². The lowest BCUT2D eigenvalue weighted by Crippen LogP contribution is -2.46. The second kappa shape index (κ2) is 7.86. The fourth-order valence-electron chi connectivity index (χ4n) is 3.54. The van der Waals surface area contributed by atoms with E-state index in [0.29, 0.717) is 16.9 Å². The first kappa shape index (κ1) is 18.4. The van der Waals surface area contributed by atoms with Gasteiger partial charge in [0.15, 0.2) is 0 Å². The molecule has 2 heterocycles. The average molecular weight is 358 g/mol. The lowest BCUT2D eigenvalue weighted by Gasteiger charge is -2.34. The molecule has 0 aliphatic carbocycles. The van der Waals surface area contributed by atoms with Crippen molar-refractivity contribution in [3.05, 3.63) is 45.1 Å². The van der Waals surface area contributed by atoms with Gasteiger partial charge in [0.25, 0.3) is 5.56 Å². The number of rotatable bonds is 5. The molecule has 1 saturated heterocycles. The Morgan fingerprint density at radius 3 is 2.62 bits per heavy atom. The van der Waals surface area contributed by atoms with Gasteiger partial charge >= 0.3 is 5.69 Å². The van der Waals surface area contributed by atoms with Crippen LogP contribution in [0.15, 0.2) is 33.9 Å². The Labute approximate surface area is 152 Å². The first-order valence-corrected chi connectivity index (χ1v) is 9.21. The SMILES string of the molecule is CC(C)N1CCC(NC(=O)CCn2c(=O)[nH]c(=O)c3ccccc32)CC1. The fraction of sp³-hybridized carbons (Fsp3) is 0.526. The Kier molecular flexibility index (Phi) is 5.56. The van der Waals surface area contributed by atoms with Crippen molar-refractivity contribution in [2.75, 3.05) is 13.1 Å². The van der Waals surface area contributed by atoms with Crippen LogP contribution in [0.1, 0.15) is 33.1 Å². The molecule has 1 fully saturated rings. The summed E-state index contributed by atoms with van der Waals surface area (Å²) in [7, 11) is 0.